The molecule has 9 heteroatoms. The average molecular weight is 439 g/mol. The van der Waals surface area contributed by atoms with Crippen molar-refractivity contribution in [1.82, 2.24) is 4.72 Å². The number of amides is 1. The van der Waals surface area contributed by atoms with Crippen LogP contribution in [0.25, 0.3) is 0 Å². The summed E-state index contributed by atoms with van der Waals surface area (Å²) >= 11 is 1.04. The summed E-state index contributed by atoms with van der Waals surface area (Å²) in [5, 5.41) is 4.46. The molecule has 0 bridgehead atoms. The second kappa shape index (κ2) is 10.00. The topological polar surface area (TPSA) is 102 Å². The number of ether oxygens (including phenoxy) is 1. The second-order valence-electron chi connectivity index (χ2n) is 7.09. The van der Waals surface area contributed by atoms with Crippen molar-refractivity contribution in [3.63, 3.8) is 0 Å². The van der Waals surface area contributed by atoms with Gasteiger partial charge >= 0.3 is 5.97 Å². The molecular formula is C20H26N2O5S2. The maximum Gasteiger partial charge on any atom is 0.321 e. The smallest absolute Gasteiger partial charge is 0.321 e. The number of hydrogen-bond donors (Lipinski definition) is 2. The van der Waals surface area contributed by atoms with Gasteiger partial charge in [0.2, 0.25) is 0 Å². The lowest BCUT2D eigenvalue weighted by Crippen LogP contribution is -2.32. The molecule has 29 heavy (non-hydrogen) atoms. The van der Waals surface area contributed by atoms with Crippen LogP contribution >= 0.6 is 11.3 Å². The summed E-state index contributed by atoms with van der Waals surface area (Å²) in [6.07, 6.45) is 0. The molecule has 0 spiro atoms. The van der Waals surface area contributed by atoms with E-state index < -0.39 is 35.1 Å². The number of benzene rings is 1. The first-order chi connectivity index (χ1) is 13.6. The number of hydrogen-bond acceptors (Lipinski definition) is 6. The van der Waals surface area contributed by atoms with Crippen LogP contribution in [0.4, 0.5) is 5.69 Å². The van der Waals surface area contributed by atoms with Gasteiger partial charge in [0.05, 0.1) is 0 Å². The lowest BCUT2D eigenvalue weighted by molar-refractivity contribution is -0.146. The Kier molecular flexibility index (Phi) is 7.95. The van der Waals surface area contributed by atoms with Crippen molar-refractivity contribution in [2.24, 2.45) is 0 Å². The average Bonchev–Trinajstić information content (AvgIpc) is 3.20. The third-order valence-electron chi connectivity index (χ3n) is 4.17. The minimum absolute atomic E-state index is 0.106. The molecule has 0 aliphatic rings. The van der Waals surface area contributed by atoms with Gasteiger partial charge in [-0.15, -0.1) is 11.3 Å². The van der Waals surface area contributed by atoms with E-state index in [-0.39, 0.29) is 16.0 Å². The van der Waals surface area contributed by atoms with E-state index in [0.29, 0.717) is 0 Å². The number of sulfonamides is 1. The van der Waals surface area contributed by atoms with Crippen LogP contribution in [0.5, 0.6) is 0 Å². The van der Waals surface area contributed by atoms with E-state index in [2.05, 4.69) is 10.0 Å². The number of para-hydroxylation sites is 1. The Morgan fingerprint density at radius 3 is 2.17 bits per heavy atom. The molecule has 2 rings (SSSR count). The highest BCUT2D eigenvalue weighted by molar-refractivity contribution is 7.91. The normalized spacial score (nSPS) is 11.7. The van der Waals surface area contributed by atoms with E-state index in [9.17, 15) is 18.0 Å². The van der Waals surface area contributed by atoms with E-state index in [1.807, 2.05) is 45.9 Å². The van der Waals surface area contributed by atoms with Gasteiger partial charge < -0.3 is 10.1 Å². The minimum Gasteiger partial charge on any atom is -0.455 e. The van der Waals surface area contributed by atoms with Gasteiger partial charge in [0.15, 0.2) is 6.61 Å². The van der Waals surface area contributed by atoms with Gasteiger partial charge in [0, 0.05) is 5.69 Å². The highest BCUT2D eigenvalue weighted by Gasteiger charge is 2.19. The summed E-state index contributed by atoms with van der Waals surface area (Å²) in [7, 11) is -3.76. The molecule has 0 atom stereocenters. The van der Waals surface area contributed by atoms with Gasteiger partial charge in [-0.2, -0.15) is 4.72 Å². The molecule has 0 fully saturated rings. The Balaban J connectivity index is 1.94. The summed E-state index contributed by atoms with van der Waals surface area (Å²) in [6.45, 7) is 7.10. The lowest BCUT2D eigenvalue weighted by atomic mass is 9.92. The molecule has 1 aromatic heterocycles. The zero-order chi connectivity index (χ0) is 21.6. The molecule has 0 aliphatic heterocycles. The fourth-order valence-corrected chi connectivity index (χ4v) is 4.72. The van der Waals surface area contributed by atoms with Crippen LogP contribution in [-0.4, -0.2) is 33.4 Å². The predicted molar refractivity (Wildman–Crippen MR) is 114 cm³/mol. The quantitative estimate of drug-likeness (QED) is 0.584. The number of carbonyl (C=O) groups excluding carboxylic acids is 2. The Bertz CT molecular complexity index is 925. The third-order valence-corrected chi connectivity index (χ3v) is 6.97. The maximum absolute atomic E-state index is 12.3. The first-order valence-corrected chi connectivity index (χ1v) is 11.6. The van der Waals surface area contributed by atoms with Crippen molar-refractivity contribution in [2.45, 2.75) is 43.7 Å². The first-order valence-electron chi connectivity index (χ1n) is 9.23. The standard InChI is InChI=1S/C20H26N2O5S2/c1-13(2)15-7-5-8-16(14(3)4)20(15)22-17(23)12-27-18(24)11-21-29(25,26)19-9-6-10-28-19/h5-10,13-14,21H,11-12H2,1-4H3,(H,22,23). The van der Waals surface area contributed by atoms with Crippen LogP contribution in [0.2, 0.25) is 0 Å². The van der Waals surface area contributed by atoms with Gasteiger partial charge in [-0.05, 0) is 34.4 Å². The summed E-state index contributed by atoms with van der Waals surface area (Å²) in [5.41, 5.74) is 2.73. The zero-order valence-corrected chi connectivity index (χ0v) is 18.5. The molecule has 0 unspecified atom stereocenters. The monoisotopic (exact) mass is 438 g/mol. The van der Waals surface area contributed by atoms with Crippen LogP contribution in [0.3, 0.4) is 0 Å². The van der Waals surface area contributed by atoms with Crippen molar-refractivity contribution >= 4 is 38.9 Å². The van der Waals surface area contributed by atoms with Crippen LogP contribution < -0.4 is 10.0 Å². The fraction of sp³-hybridized carbons (Fsp3) is 0.400. The van der Waals surface area contributed by atoms with Gasteiger partial charge in [0.25, 0.3) is 15.9 Å². The second-order valence-corrected chi connectivity index (χ2v) is 10.0. The highest BCUT2D eigenvalue weighted by atomic mass is 32.2. The first kappa shape index (κ1) is 23.1. The number of carbonyl (C=O) groups is 2. The van der Waals surface area contributed by atoms with Gasteiger partial charge in [-0.1, -0.05) is 52.0 Å². The number of nitrogens with one attached hydrogen (secondary N) is 2. The van der Waals surface area contributed by atoms with Crippen LogP contribution in [-0.2, 0) is 24.3 Å². The van der Waals surface area contributed by atoms with Gasteiger partial charge in [-0.3, -0.25) is 9.59 Å². The summed E-state index contributed by atoms with van der Waals surface area (Å²) in [6, 6.07) is 8.90. The van der Waals surface area contributed by atoms with Crippen molar-refractivity contribution < 1.29 is 22.7 Å². The van der Waals surface area contributed by atoms with Crippen molar-refractivity contribution in [1.29, 1.82) is 0 Å². The number of rotatable bonds is 9. The molecule has 0 aliphatic carbocycles. The summed E-state index contributed by atoms with van der Waals surface area (Å²) in [4.78, 5) is 24.2. The third kappa shape index (κ3) is 6.38. The number of thiophene rings is 1. The highest BCUT2D eigenvalue weighted by Crippen LogP contribution is 2.32. The summed E-state index contributed by atoms with van der Waals surface area (Å²) in [5.74, 6) is -0.896. The SMILES string of the molecule is CC(C)c1cccc(C(C)C)c1NC(=O)COC(=O)CNS(=O)(=O)c1cccs1. The zero-order valence-electron chi connectivity index (χ0n) is 16.9. The predicted octanol–water partition coefficient (Wildman–Crippen LogP) is 3.46. The molecule has 0 radical (unpaired) electrons. The van der Waals surface area contributed by atoms with E-state index in [4.69, 9.17) is 4.74 Å². The Morgan fingerprint density at radius 1 is 1.03 bits per heavy atom. The van der Waals surface area contributed by atoms with E-state index in [0.717, 1.165) is 28.2 Å². The lowest BCUT2D eigenvalue weighted by Gasteiger charge is -2.20. The molecule has 0 saturated heterocycles. The van der Waals surface area contributed by atoms with Crippen molar-refractivity contribution in [2.75, 3.05) is 18.5 Å². The minimum atomic E-state index is -3.76. The van der Waals surface area contributed by atoms with Crippen molar-refractivity contribution in [3.8, 4) is 0 Å². The Morgan fingerprint density at radius 2 is 1.66 bits per heavy atom. The molecule has 2 aromatic rings. The Hall–Kier alpha value is -2.23. The maximum atomic E-state index is 12.3. The van der Waals surface area contributed by atoms with Gasteiger partial charge in [0.1, 0.15) is 10.8 Å². The van der Waals surface area contributed by atoms with Crippen LogP contribution in [0.15, 0.2) is 39.9 Å². The number of anilines is 1. The number of esters is 1. The van der Waals surface area contributed by atoms with E-state index in [1.54, 1.807) is 11.4 Å². The molecule has 2 N–H and O–H groups in total. The largest absolute Gasteiger partial charge is 0.455 e. The molecular weight excluding hydrogens is 412 g/mol. The molecule has 1 heterocycles. The molecule has 1 aromatic carbocycles. The fourth-order valence-electron chi connectivity index (χ4n) is 2.71. The van der Waals surface area contributed by atoms with Crippen molar-refractivity contribution in [3.05, 3.63) is 46.8 Å². The van der Waals surface area contributed by atoms with Gasteiger partial charge in [-0.25, -0.2) is 8.42 Å². The van der Waals surface area contributed by atoms with Crippen LogP contribution in [0.1, 0.15) is 50.7 Å². The molecule has 0 saturated carbocycles. The molecule has 7 nitrogen and oxygen atoms in total. The Labute approximate surface area is 175 Å². The van der Waals surface area contributed by atoms with E-state index in [1.165, 1.54) is 6.07 Å². The molecule has 1 amide bonds. The van der Waals surface area contributed by atoms with Crippen LogP contribution in [0, 0.1) is 0 Å². The summed E-state index contributed by atoms with van der Waals surface area (Å²) < 4.78 is 31.2. The van der Waals surface area contributed by atoms with E-state index >= 15 is 0 Å². The molecule has 158 valence electrons.